The molecule has 0 aliphatic carbocycles. The van der Waals surface area contributed by atoms with Gasteiger partial charge in [0, 0.05) is 36.2 Å². The Bertz CT molecular complexity index is 1670. The number of aromatic nitrogens is 2. The molecule has 0 bridgehead atoms. The van der Waals surface area contributed by atoms with Crippen LogP contribution in [0.15, 0.2) is 107 Å². The number of hydrazine groups is 2. The molecule has 220 valence electrons. The minimum atomic E-state index is -0.716. The van der Waals surface area contributed by atoms with Crippen molar-refractivity contribution in [1.29, 1.82) is 0 Å². The number of benzene rings is 3. The summed E-state index contributed by atoms with van der Waals surface area (Å²) in [7, 11) is 0. The Kier molecular flexibility index (Phi) is 8.79. The summed E-state index contributed by atoms with van der Waals surface area (Å²) in [5, 5.41) is 2.60. The van der Waals surface area contributed by atoms with Crippen molar-refractivity contribution in [2.75, 3.05) is 18.1 Å². The second kappa shape index (κ2) is 13.0. The molecule has 3 heterocycles. The lowest BCUT2D eigenvalue weighted by Gasteiger charge is -2.35. The van der Waals surface area contributed by atoms with Crippen LogP contribution in [0.4, 0.5) is 5.69 Å². The molecule has 1 amide bonds. The van der Waals surface area contributed by atoms with Crippen molar-refractivity contribution in [2.45, 2.75) is 31.7 Å². The Labute approximate surface area is 260 Å². The Morgan fingerprint density at radius 1 is 0.930 bits per heavy atom. The molecule has 2 aliphatic rings. The fraction of sp³-hybridized carbons (Fsp3) is 0.242. The van der Waals surface area contributed by atoms with Gasteiger partial charge < -0.3 is 4.90 Å². The van der Waals surface area contributed by atoms with E-state index in [1.54, 1.807) is 23.3 Å². The summed E-state index contributed by atoms with van der Waals surface area (Å²) in [4.78, 5) is 34.3. The van der Waals surface area contributed by atoms with Crippen LogP contribution in [0.5, 0.6) is 0 Å². The number of nitrogens with one attached hydrogen (secondary N) is 2. The van der Waals surface area contributed by atoms with Gasteiger partial charge in [0.1, 0.15) is 11.2 Å². The zero-order valence-corrected chi connectivity index (χ0v) is 25.0. The fourth-order valence-corrected chi connectivity index (χ4v) is 6.11. The van der Waals surface area contributed by atoms with Crippen molar-refractivity contribution in [3.05, 3.63) is 129 Å². The van der Waals surface area contributed by atoms with Crippen molar-refractivity contribution >= 4 is 34.8 Å². The van der Waals surface area contributed by atoms with E-state index in [-0.39, 0.29) is 11.5 Å². The number of hydrogen-bond acceptors (Lipinski definition) is 6. The second-order valence-corrected chi connectivity index (χ2v) is 11.8. The van der Waals surface area contributed by atoms with Gasteiger partial charge in [-0.2, -0.15) is 0 Å². The smallest absolute Gasteiger partial charge is 0.254 e. The average molecular weight is 616 g/mol. The number of anilines is 1. The van der Waals surface area contributed by atoms with E-state index in [4.69, 9.17) is 23.2 Å². The minimum absolute atomic E-state index is 0.0609. The molecule has 0 radical (unpaired) electrons. The molecule has 0 unspecified atom stereocenters. The number of carbonyl (C=O) groups excluding carboxylic acids is 1. The number of carbonyl (C=O) groups is 1. The molecule has 8 nitrogen and oxygen atoms in total. The van der Waals surface area contributed by atoms with Crippen LogP contribution in [0.25, 0.3) is 11.3 Å². The van der Waals surface area contributed by atoms with Gasteiger partial charge in [0.2, 0.25) is 5.91 Å². The quantitative estimate of drug-likeness (QED) is 0.248. The highest BCUT2D eigenvalue weighted by Gasteiger charge is 2.31. The fourth-order valence-electron chi connectivity index (χ4n) is 5.79. The predicted octanol–water partition coefficient (Wildman–Crippen LogP) is 5.70. The normalized spacial score (nSPS) is 16.1. The van der Waals surface area contributed by atoms with E-state index in [1.165, 1.54) is 22.5 Å². The molecule has 3 aromatic carbocycles. The van der Waals surface area contributed by atoms with Crippen LogP contribution < -0.4 is 21.5 Å². The molecule has 1 atom stereocenters. The summed E-state index contributed by atoms with van der Waals surface area (Å²) in [5.74, 6) is 0.467. The average Bonchev–Trinajstić information content (AvgIpc) is 3.47. The van der Waals surface area contributed by atoms with Gasteiger partial charge in [-0.1, -0.05) is 83.9 Å². The first kappa shape index (κ1) is 29.0. The Morgan fingerprint density at radius 2 is 1.63 bits per heavy atom. The van der Waals surface area contributed by atoms with E-state index in [2.05, 4.69) is 40.2 Å². The van der Waals surface area contributed by atoms with E-state index >= 15 is 0 Å². The van der Waals surface area contributed by atoms with Crippen LogP contribution >= 0.6 is 23.2 Å². The summed E-state index contributed by atoms with van der Waals surface area (Å²) in [6.07, 6.45) is 6.42. The van der Waals surface area contributed by atoms with E-state index in [1.807, 2.05) is 47.4 Å². The Balaban J connectivity index is 1.26. The third kappa shape index (κ3) is 6.77. The van der Waals surface area contributed by atoms with Crippen LogP contribution in [0, 0.1) is 5.92 Å². The van der Waals surface area contributed by atoms with Gasteiger partial charge in [-0.15, -0.1) is 5.53 Å². The summed E-state index contributed by atoms with van der Waals surface area (Å²) in [6, 6.07) is 26.3. The van der Waals surface area contributed by atoms with Crippen LogP contribution in [-0.2, 0) is 17.6 Å². The first-order chi connectivity index (χ1) is 20.9. The highest BCUT2D eigenvalue weighted by molar-refractivity contribution is 6.31. The highest BCUT2D eigenvalue weighted by atomic mass is 35.5. The molecule has 1 saturated heterocycles. The number of amides is 1. The predicted molar refractivity (Wildman–Crippen MR) is 170 cm³/mol. The molecule has 2 aliphatic heterocycles. The van der Waals surface area contributed by atoms with E-state index in [0.29, 0.717) is 52.6 Å². The number of piperidine rings is 1. The zero-order valence-electron chi connectivity index (χ0n) is 23.5. The Hall–Kier alpha value is -4.11. The number of nitrogens with zero attached hydrogens (tertiary/aromatic N) is 4. The van der Waals surface area contributed by atoms with Gasteiger partial charge in [-0.25, -0.2) is 4.98 Å². The molecule has 10 heteroatoms. The maximum Gasteiger partial charge on any atom is 0.254 e. The molecule has 0 saturated carbocycles. The van der Waals surface area contributed by atoms with Gasteiger partial charge >= 0.3 is 0 Å². The topological polar surface area (TPSA) is 82.5 Å². The zero-order chi connectivity index (χ0) is 29.8. The number of rotatable bonds is 8. The summed E-state index contributed by atoms with van der Waals surface area (Å²) in [6.45, 7) is 1.33. The van der Waals surface area contributed by atoms with Gasteiger partial charge in [0.25, 0.3) is 5.56 Å². The third-order valence-electron chi connectivity index (χ3n) is 8.05. The first-order valence-corrected chi connectivity index (χ1v) is 15.1. The number of likely N-dealkylation sites (tertiary alicyclic amines) is 1. The third-order valence-corrected chi connectivity index (χ3v) is 8.48. The monoisotopic (exact) mass is 614 g/mol. The van der Waals surface area contributed by atoms with Crippen molar-refractivity contribution in [3.63, 3.8) is 0 Å². The molecule has 1 aromatic heterocycles. The first-order valence-electron chi connectivity index (χ1n) is 14.4. The molecule has 4 aromatic rings. The second-order valence-electron chi connectivity index (χ2n) is 10.9. The maximum absolute atomic E-state index is 14.1. The SMILES string of the molecule is O=C([C@H](Cc1ccccc1)n1cnc(-c2cc(Cl)ccc2N2C=C(Cl)NN2)cc1=O)N1CCC(Cc2ccccc2)CC1. The van der Waals surface area contributed by atoms with Gasteiger partial charge in [0.05, 0.1) is 23.9 Å². The van der Waals surface area contributed by atoms with E-state index < -0.39 is 6.04 Å². The number of hydrogen-bond donors (Lipinski definition) is 2. The molecule has 0 spiro atoms. The largest absolute Gasteiger partial charge is 0.341 e. The molecule has 6 rings (SSSR count). The lowest BCUT2D eigenvalue weighted by molar-refractivity contribution is -0.136. The van der Waals surface area contributed by atoms with E-state index in [0.717, 1.165) is 24.8 Å². The van der Waals surface area contributed by atoms with Crippen LogP contribution in [0.2, 0.25) is 5.02 Å². The van der Waals surface area contributed by atoms with Crippen molar-refractivity contribution in [2.24, 2.45) is 5.92 Å². The van der Waals surface area contributed by atoms with Gasteiger partial charge in [-0.05, 0) is 54.5 Å². The van der Waals surface area contributed by atoms with Crippen molar-refractivity contribution < 1.29 is 4.79 Å². The standard InChI is InChI=1S/C33H32Cl2N6O2/c34-26-11-12-29(41-21-31(35)37-38-41)27(19-26)28-20-32(42)40(22-36-28)30(18-24-9-5-2-6-10-24)33(43)39-15-13-25(14-16-39)17-23-7-3-1-4-8-23/h1-12,19-22,25,30,37-38H,13-18H2/t30-/m0/s1. The molecule has 43 heavy (non-hydrogen) atoms. The van der Waals surface area contributed by atoms with E-state index in [9.17, 15) is 9.59 Å². The minimum Gasteiger partial charge on any atom is -0.341 e. The van der Waals surface area contributed by atoms with Crippen molar-refractivity contribution in [1.82, 2.24) is 25.4 Å². The van der Waals surface area contributed by atoms with Gasteiger partial charge in [0.15, 0.2) is 0 Å². The molecule has 2 N–H and O–H groups in total. The van der Waals surface area contributed by atoms with Crippen molar-refractivity contribution in [3.8, 4) is 11.3 Å². The van der Waals surface area contributed by atoms with Crippen LogP contribution in [-0.4, -0.2) is 33.4 Å². The summed E-state index contributed by atoms with van der Waals surface area (Å²) < 4.78 is 1.46. The number of halogens is 2. The Morgan fingerprint density at radius 3 is 2.28 bits per heavy atom. The maximum atomic E-state index is 14.1. The highest BCUT2D eigenvalue weighted by Crippen LogP contribution is 2.33. The molecular formula is C33H32Cl2N6O2. The lowest BCUT2D eigenvalue weighted by Crippen LogP contribution is -2.45. The summed E-state index contributed by atoms with van der Waals surface area (Å²) >= 11 is 12.4. The molecule has 1 fully saturated rings. The van der Waals surface area contributed by atoms with Crippen LogP contribution in [0.1, 0.15) is 30.0 Å². The summed E-state index contributed by atoms with van der Waals surface area (Å²) in [5.41, 5.74) is 9.53. The van der Waals surface area contributed by atoms with Gasteiger partial charge in [-0.3, -0.25) is 24.6 Å². The molecular weight excluding hydrogens is 583 g/mol. The lowest BCUT2D eigenvalue weighted by atomic mass is 9.90. The van der Waals surface area contributed by atoms with Crippen LogP contribution in [0.3, 0.4) is 0 Å².